The fourth-order valence-electron chi connectivity index (χ4n) is 7.21. The number of hydrogen-bond donors (Lipinski definition) is 5. The summed E-state index contributed by atoms with van der Waals surface area (Å²) in [5, 5.41) is 39.3. The predicted octanol–water partition coefficient (Wildman–Crippen LogP) is 5.72. The minimum absolute atomic E-state index is 0.0229. The zero-order valence-corrected chi connectivity index (χ0v) is 27.3. The van der Waals surface area contributed by atoms with E-state index in [9.17, 15) is 24.9 Å². The summed E-state index contributed by atoms with van der Waals surface area (Å²) in [5.41, 5.74) is 2.61. The molecule has 7 rings (SSSR count). The quantitative estimate of drug-likeness (QED) is 0.102. The van der Waals surface area contributed by atoms with Crippen LogP contribution in [-0.2, 0) is 0 Å². The van der Waals surface area contributed by atoms with Crippen LogP contribution in [0.2, 0.25) is 0 Å². The van der Waals surface area contributed by atoms with Crippen LogP contribution in [0.25, 0.3) is 10.9 Å². The number of aliphatic hydroxyl groups is 1. The number of fused-ring (bicyclic) bond motifs is 4. The molecule has 0 saturated carbocycles. The van der Waals surface area contributed by atoms with Crippen LogP contribution in [0.1, 0.15) is 67.4 Å². The molecule has 0 radical (unpaired) electrons. The van der Waals surface area contributed by atoms with Crippen LogP contribution in [0, 0.1) is 5.92 Å². The van der Waals surface area contributed by atoms with Crippen molar-refractivity contribution in [2.45, 2.75) is 56.7 Å². The molecule has 10 nitrogen and oxygen atoms in total. The Morgan fingerprint density at radius 3 is 2.64 bits per heavy atom. The second kappa shape index (κ2) is 15.3. The number of carboxylic acid groups (broad SMARTS) is 1. The third-order valence-corrected chi connectivity index (χ3v) is 10.3. The van der Waals surface area contributed by atoms with Crippen molar-refractivity contribution in [3.8, 4) is 11.5 Å². The Kier molecular flexibility index (Phi) is 10.8. The van der Waals surface area contributed by atoms with Crippen molar-refractivity contribution in [2.24, 2.45) is 5.92 Å². The summed E-state index contributed by atoms with van der Waals surface area (Å²) in [6.45, 7) is 4.62. The molecule has 1 unspecified atom stereocenters. The number of hydrogen-bond acceptors (Lipinski definition) is 8. The van der Waals surface area contributed by atoms with Crippen LogP contribution >= 0.6 is 11.3 Å². The van der Waals surface area contributed by atoms with Crippen molar-refractivity contribution < 1.29 is 24.9 Å². The first-order valence-corrected chi connectivity index (χ1v) is 17.6. The highest BCUT2D eigenvalue weighted by atomic mass is 32.1. The highest BCUT2D eigenvalue weighted by molar-refractivity contribution is 7.08. The number of amides is 1. The molecule has 47 heavy (non-hydrogen) atoms. The summed E-state index contributed by atoms with van der Waals surface area (Å²) in [6, 6.07) is 15.7. The van der Waals surface area contributed by atoms with Gasteiger partial charge in [0.05, 0.1) is 30.3 Å². The average molecular weight is 661 g/mol. The number of nitrogens with one attached hydrogen (secondary N) is 2. The molecule has 2 aromatic carbocycles. The first kappa shape index (κ1) is 33.0. The van der Waals surface area contributed by atoms with E-state index in [1.54, 1.807) is 28.4 Å². The molecule has 2 aromatic heterocycles. The minimum atomic E-state index is -0.873. The molecule has 3 aliphatic rings. The molecule has 11 heteroatoms. The number of thiophene rings is 1. The maximum Gasteiger partial charge on any atom is 0.408 e. The standard InChI is InChI=1S/C36H44N4O6S/c41-31-10-8-28(29-9-11-33(43)38-34(29)31)32(42)21-37-15-3-1-2-4-18-46-27-7-5-6-25(20-27)35(26-14-19-47-23-26)40(36(44)45)30-22-39-16-12-24(30)13-17-39/h5-11,14,19-20,23-24,30,32,35,37,41-42H,1-4,12-13,15-18,21-22H2,(H,38,43)(H,44,45)/t30?,32-,35+/m0/s1. The van der Waals surface area contributed by atoms with E-state index < -0.39 is 12.2 Å². The molecule has 3 saturated heterocycles. The zero-order valence-electron chi connectivity index (χ0n) is 26.5. The highest BCUT2D eigenvalue weighted by Crippen LogP contribution is 2.39. The molecule has 5 N–H and O–H groups in total. The molecule has 3 fully saturated rings. The molecule has 250 valence electrons. The number of phenolic OH excluding ortho intramolecular Hbond substituents is 1. The zero-order chi connectivity index (χ0) is 32.8. The second-order valence-corrected chi connectivity index (χ2v) is 13.5. The summed E-state index contributed by atoms with van der Waals surface area (Å²) in [5.74, 6) is 1.12. The summed E-state index contributed by atoms with van der Waals surface area (Å²) in [4.78, 5) is 31.2. The lowest BCUT2D eigenvalue weighted by molar-refractivity contribution is -0.000757. The van der Waals surface area contributed by atoms with Gasteiger partial charge in [-0.1, -0.05) is 31.0 Å². The topological polar surface area (TPSA) is 138 Å². The Labute approximate surface area is 278 Å². The van der Waals surface area contributed by atoms with Gasteiger partial charge in [-0.15, -0.1) is 0 Å². The Balaban J connectivity index is 0.966. The molecule has 5 heterocycles. The normalized spacial score (nSPS) is 20.2. The molecule has 4 aromatic rings. The van der Waals surface area contributed by atoms with E-state index in [-0.39, 0.29) is 23.4 Å². The van der Waals surface area contributed by atoms with E-state index in [0.717, 1.165) is 81.6 Å². The number of aromatic amines is 1. The van der Waals surface area contributed by atoms with Crippen molar-refractivity contribution in [1.82, 2.24) is 20.1 Å². The van der Waals surface area contributed by atoms with Gasteiger partial charge in [-0.3, -0.25) is 9.69 Å². The van der Waals surface area contributed by atoms with Gasteiger partial charge in [0.25, 0.3) is 0 Å². The smallest absolute Gasteiger partial charge is 0.408 e. The largest absolute Gasteiger partial charge is 0.506 e. The van der Waals surface area contributed by atoms with Crippen LogP contribution in [0.5, 0.6) is 11.5 Å². The number of aromatic nitrogens is 1. The highest BCUT2D eigenvalue weighted by Gasteiger charge is 2.43. The van der Waals surface area contributed by atoms with E-state index in [0.29, 0.717) is 35.5 Å². The summed E-state index contributed by atoms with van der Waals surface area (Å²) < 4.78 is 6.15. The number of rotatable bonds is 15. The van der Waals surface area contributed by atoms with Crippen LogP contribution in [-0.4, -0.2) is 81.6 Å². The van der Waals surface area contributed by atoms with Gasteiger partial charge in [0.1, 0.15) is 11.5 Å². The number of H-pyrrole nitrogens is 1. The maximum atomic E-state index is 12.8. The molecular formula is C36H44N4O6S. The van der Waals surface area contributed by atoms with E-state index >= 15 is 0 Å². The van der Waals surface area contributed by atoms with Crippen molar-refractivity contribution in [2.75, 3.05) is 39.3 Å². The molecule has 0 spiro atoms. The Morgan fingerprint density at radius 1 is 1.06 bits per heavy atom. The SMILES string of the molecule is O=C(O)N(C1CN2CCC1CC2)[C@@H](c1ccsc1)c1cccc(OCCCCCCNC[C@H](O)c2ccc(O)c3[nH]c(=O)ccc23)c1. The van der Waals surface area contributed by atoms with Gasteiger partial charge in [-0.05, 0) is 109 Å². The number of nitrogens with zero attached hydrogens (tertiary/aromatic N) is 2. The van der Waals surface area contributed by atoms with E-state index in [1.165, 1.54) is 12.1 Å². The van der Waals surface area contributed by atoms with Crippen molar-refractivity contribution in [3.63, 3.8) is 0 Å². The first-order chi connectivity index (χ1) is 22.9. The number of carbonyl (C=O) groups is 1. The third-order valence-electron chi connectivity index (χ3n) is 9.63. The summed E-state index contributed by atoms with van der Waals surface area (Å²) in [6.07, 6.45) is 4.33. The van der Waals surface area contributed by atoms with Crippen LogP contribution in [0.4, 0.5) is 4.79 Å². The number of ether oxygens (including phenoxy) is 1. The lowest BCUT2D eigenvalue weighted by Gasteiger charge is -2.50. The Hall–Kier alpha value is -3.90. The second-order valence-electron chi connectivity index (χ2n) is 12.7. The monoisotopic (exact) mass is 660 g/mol. The number of phenols is 1. The van der Waals surface area contributed by atoms with Gasteiger partial charge < -0.3 is 35.3 Å². The number of aliphatic hydroxyl groups excluding tert-OH is 1. The third kappa shape index (κ3) is 7.81. The molecule has 0 aliphatic carbocycles. The fourth-order valence-corrected chi connectivity index (χ4v) is 7.88. The molecule has 3 atom stereocenters. The van der Waals surface area contributed by atoms with E-state index in [4.69, 9.17) is 4.74 Å². The van der Waals surface area contributed by atoms with Crippen molar-refractivity contribution >= 4 is 28.3 Å². The number of benzene rings is 2. The molecule has 2 bridgehead atoms. The van der Waals surface area contributed by atoms with E-state index in [1.807, 2.05) is 35.7 Å². The lowest BCUT2D eigenvalue weighted by Crippen LogP contribution is -2.59. The average Bonchev–Trinajstić information content (AvgIpc) is 3.62. The maximum absolute atomic E-state index is 12.8. The number of aromatic hydroxyl groups is 1. The number of piperidine rings is 3. The van der Waals surface area contributed by atoms with Gasteiger partial charge in [0.15, 0.2) is 0 Å². The molecule has 3 aliphatic heterocycles. The van der Waals surface area contributed by atoms with Gasteiger partial charge in [-0.2, -0.15) is 11.3 Å². The molecular weight excluding hydrogens is 616 g/mol. The van der Waals surface area contributed by atoms with Crippen LogP contribution in [0.15, 0.2) is 70.2 Å². The van der Waals surface area contributed by atoms with Gasteiger partial charge in [-0.25, -0.2) is 4.79 Å². The first-order valence-electron chi connectivity index (χ1n) is 16.6. The molecule has 1 amide bonds. The Morgan fingerprint density at radius 2 is 1.89 bits per heavy atom. The van der Waals surface area contributed by atoms with Crippen molar-refractivity contribution in [1.29, 1.82) is 0 Å². The van der Waals surface area contributed by atoms with E-state index in [2.05, 4.69) is 20.6 Å². The van der Waals surface area contributed by atoms with Crippen molar-refractivity contribution in [3.05, 3.63) is 92.4 Å². The predicted molar refractivity (Wildman–Crippen MR) is 183 cm³/mol. The fraction of sp³-hybridized carbons (Fsp3) is 0.444. The van der Waals surface area contributed by atoms with Crippen LogP contribution in [0.3, 0.4) is 0 Å². The lowest BCUT2D eigenvalue weighted by atomic mass is 9.82. The van der Waals surface area contributed by atoms with Crippen LogP contribution < -0.4 is 15.6 Å². The summed E-state index contributed by atoms with van der Waals surface area (Å²) >= 11 is 1.59. The van der Waals surface area contributed by atoms with Gasteiger partial charge >= 0.3 is 6.09 Å². The number of unbranched alkanes of at least 4 members (excludes halogenated alkanes) is 3. The minimum Gasteiger partial charge on any atom is -0.506 e. The Bertz CT molecular complexity index is 1690. The number of pyridine rings is 1. The van der Waals surface area contributed by atoms with Gasteiger partial charge in [0, 0.05) is 24.5 Å². The summed E-state index contributed by atoms with van der Waals surface area (Å²) in [7, 11) is 0. The van der Waals surface area contributed by atoms with Gasteiger partial charge in [0.2, 0.25) is 5.56 Å².